The molecule has 1 fully saturated rings. The van der Waals surface area contributed by atoms with Crippen LogP contribution in [0, 0.1) is 0 Å². The summed E-state index contributed by atoms with van der Waals surface area (Å²) in [6.07, 6.45) is 1.20. The monoisotopic (exact) mass is 364 g/mol. The molecule has 0 aliphatic carbocycles. The predicted octanol–water partition coefficient (Wildman–Crippen LogP) is 3.63. The highest BCUT2D eigenvalue weighted by Crippen LogP contribution is 2.26. The van der Waals surface area contributed by atoms with E-state index in [1.807, 2.05) is 12.1 Å². The van der Waals surface area contributed by atoms with E-state index < -0.39 is 12.1 Å². The number of thiazole rings is 1. The Hall–Kier alpha value is -1.92. The second-order valence-corrected chi connectivity index (χ2v) is 6.92. The van der Waals surface area contributed by atoms with Gasteiger partial charge in [-0.05, 0) is 31.9 Å². The van der Waals surface area contributed by atoms with Gasteiger partial charge in [0.15, 0.2) is 11.8 Å². The minimum absolute atomic E-state index is 0.147. The minimum atomic E-state index is -0.799. The van der Waals surface area contributed by atoms with Gasteiger partial charge in [-0.15, -0.1) is 11.3 Å². The number of esters is 1. The number of hydrogen-bond donors (Lipinski definition) is 0. The Kier molecular flexibility index (Phi) is 5.16. The molecule has 3 rings (SSSR count). The van der Waals surface area contributed by atoms with Crippen LogP contribution in [0.4, 0.5) is 0 Å². The summed E-state index contributed by atoms with van der Waals surface area (Å²) in [5.41, 5.74) is 1.05. The van der Waals surface area contributed by atoms with Crippen molar-refractivity contribution in [1.82, 2.24) is 9.88 Å². The first-order chi connectivity index (χ1) is 11.5. The second-order valence-electron chi connectivity index (χ2n) is 5.63. The van der Waals surface area contributed by atoms with Gasteiger partial charge in [0.2, 0.25) is 0 Å². The maximum atomic E-state index is 12.2. The third-order valence-corrected chi connectivity index (χ3v) is 4.96. The Labute approximate surface area is 149 Å². The summed E-state index contributed by atoms with van der Waals surface area (Å²) < 4.78 is 5.27. The zero-order valence-corrected chi connectivity index (χ0v) is 14.8. The van der Waals surface area contributed by atoms with Gasteiger partial charge >= 0.3 is 5.97 Å². The molecule has 0 N–H and O–H groups in total. The highest BCUT2D eigenvalue weighted by molar-refractivity contribution is 7.13. The van der Waals surface area contributed by atoms with Gasteiger partial charge in [-0.3, -0.25) is 4.79 Å². The van der Waals surface area contributed by atoms with Crippen molar-refractivity contribution >= 4 is 34.8 Å². The van der Waals surface area contributed by atoms with Crippen molar-refractivity contribution < 1.29 is 14.3 Å². The summed E-state index contributed by atoms with van der Waals surface area (Å²) in [5, 5.41) is 2.92. The van der Waals surface area contributed by atoms with Gasteiger partial charge in [0, 0.05) is 29.1 Å². The summed E-state index contributed by atoms with van der Waals surface area (Å²) in [6, 6.07) is 7.27. The average Bonchev–Trinajstić information content (AvgIpc) is 3.25. The highest BCUT2D eigenvalue weighted by Gasteiger charge is 2.27. The number of hydrogen-bond acceptors (Lipinski definition) is 5. The van der Waals surface area contributed by atoms with Crippen molar-refractivity contribution in [2.75, 3.05) is 13.1 Å². The van der Waals surface area contributed by atoms with Crippen LogP contribution in [0.15, 0.2) is 29.6 Å². The number of likely N-dealkylation sites (tertiary alicyclic amines) is 1. The Morgan fingerprint density at radius 1 is 1.33 bits per heavy atom. The first-order valence-corrected chi connectivity index (χ1v) is 9.01. The molecule has 2 aromatic rings. The van der Waals surface area contributed by atoms with Crippen molar-refractivity contribution in [1.29, 1.82) is 0 Å². The Morgan fingerprint density at radius 2 is 2.08 bits per heavy atom. The fourth-order valence-corrected chi connectivity index (χ4v) is 3.56. The molecule has 126 valence electrons. The first kappa shape index (κ1) is 16.9. The normalized spacial score (nSPS) is 15.3. The summed E-state index contributed by atoms with van der Waals surface area (Å²) in [7, 11) is 0. The van der Waals surface area contributed by atoms with Crippen molar-refractivity contribution in [3.63, 3.8) is 0 Å². The van der Waals surface area contributed by atoms with Crippen LogP contribution >= 0.6 is 22.9 Å². The molecule has 5 nitrogen and oxygen atoms in total. The van der Waals surface area contributed by atoms with Crippen molar-refractivity contribution in [3.8, 4) is 10.6 Å². The van der Waals surface area contributed by atoms with Crippen LogP contribution in [0.2, 0.25) is 5.02 Å². The number of carbonyl (C=O) groups is 2. The fourth-order valence-electron chi connectivity index (χ4n) is 2.59. The van der Waals surface area contributed by atoms with Crippen LogP contribution in [0.1, 0.15) is 30.3 Å². The highest BCUT2D eigenvalue weighted by atomic mass is 35.5. The standard InChI is InChI=1S/C17H17ClN2O3S/c1-11(16(21)20-7-2-3-8-20)23-17(22)14-10-24-15(19-14)12-5-4-6-13(18)9-12/h4-6,9-11H,2-3,7-8H2,1H3/t11-/m1/s1. The molecule has 7 heteroatoms. The molecule has 1 atom stereocenters. The molecule has 0 bridgehead atoms. The number of halogens is 1. The third-order valence-electron chi connectivity index (χ3n) is 3.83. The lowest BCUT2D eigenvalue weighted by molar-refractivity contribution is -0.138. The SMILES string of the molecule is C[C@@H](OC(=O)c1csc(-c2cccc(Cl)c2)n1)C(=O)N1CCCC1. The molecular weight excluding hydrogens is 348 g/mol. The van der Waals surface area contributed by atoms with Crippen LogP contribution < -0.4 is 0 Å². The molecule has 0 spiro atoms. The fraction of sp³-hybridized carbons (Fsp3) is 0.353. The van der Waals surface area contributed by atoms with Gasteiger partial charge in [-0.2, -0.15) is 0 Å². The van der Waals surface area contributed by atoms with Gasteiger partial charge < -0.3 is 9.64 Å². The lowest BCUT2D eigenvalue weighted by Gasteiger charge is -2.19. The molecule has 1 aliphatic heterocycles. The minimum Gasteiger partial charge on any atom is -0.448 e. The number of rotatable bonds is 4. The zero-order valence-electron chi connectivity index (χ0n) is 13.2. The van der Waals surface area contributed by atoms with E-state index in [1.54, 1.807) is 29.3 Å². The number of aromatic nitrogens is 1. The smallest absolute Gasteiger partial charge is 0.358 e. The molecule has 0 unspecified atom stereocenters. The van der Waals surface area contributed by atoms with Gasteiger partial charge in [-0.1, -0.05) is 23.7 Å². The molecule has 24 heavy (non-hydrogen) atoms. The summed E-state index contributed by atoms with van der Waals surface area (Å²) in [4.78, 5) is 30.4. The van der Waals surface area contributed by atoms with Crippen molar-refractivity contribution in [2.45, 2.75) is 25.9 Å². The number of benzene rings is 1. The molecule has 0 saturated carbocycles. The largest absolute Gasteiger partial charge is 0.448 e. The summed E-state index contributed by atoms with van der Waals surface area (Å²) >= 11 is 7.31. The second kappa shape index (κ2) is 7.32. The van der Waals surface area contributed by atoms with Crippen LogP contribution in [0.5, 0.6) is 0 Å². The van der Waals surface area contributed by atoms with E-state index in [2.05, 4.69) is 4.98 Å². The lowest BCUT2D eigenvalue weighted by Crippen LogP contribution is -2.38. The molecule has 1 aliphatic rings. The maximum absolute atomic E-state index is 12.2. The molecule has 1 saturated heterocycles. The molecule has 0 radical (unpaired) electrons. The van der Waals surface area contributed by atoms with Crippen molar-refractivity contribution in [2.24, 2.45) is 0 Å². The van der Waals surface area contributed by atoms with E-state index in [9.17, 15) is 9.59 Å². The average molecular weight is 365 g/mol. The van der Waals surface area contributed by atoms with E-state index in [0.29, 0.717) is 10.0 Å². The van der Waals surface area contributed by atoms with Gasteiger partial charge in [0.25, 0.3) is 5.91 Å². The van der Waals surface area contributed by atoms with Crippen LogP contribution in [0.3, 0.4) is 0 Å². The van der Waals surface area contributed by atoms with E-state index in [1.165, 1.54) is 11.3 Å². The van der Waals surface area contributed by atoms with E-state index in [0.717, 1.165) is 31.5 Å². The Balaban J connectivity index is 1.66. The first-order valence-electron chi connectivity index (χ1n) is 7.76. The van der Waals surface area contributed by atoms with Crippen LogP contribution in [-0.2, 0) is 9.53 Å². The number of nitrogens with zero attached hydrogens (tertiary/aromatic N) is 2. The molecule has 1 aromatic carbocycles. The molecular formula is C17H17ClN2O3S. The van der Waals surface area contributed by atoms with Crippen LogP contribution in [-0.4, -0.2) is 41.0 Å². The topological polar surface area (TPSA) is 59.5 Å². The number of amides is 1. The Morgan fingerprint density at radius 3 is 2.79 bits per heavy atom. The quantitative estimate of drug-likeness (QED) is 0.777. The third kappa shape index (κ3) is 3.76. The molecule has 1 aromatic heterocycles. The molecule has 2 heterocycles. The summed E-state index contributed by atoms with van der Waals surface area (Å²) in [6.45, 7) is 3.06. The number of carbonyl (C=O) groups excluding carboxylic acids is 2. The van der Waals surface area contributed by atoms with E-state index in [-0.39, 0.29) is 11.6 Å². The summed E-state index contributed by atoms with van der Waals surface area (Å²) in [5.74, 6) is -0.731. The van der Waals surface area contributed by atoms with E-state index in [4.69, 9.17) is 16.3 Å². The van der Waals surface area contributed by atoms with Gasteiger partial charge in [0.1, 0.15) is 5.01 Å². The maximum Gasteiger partial charge on any atom is 0.358 e. The van der Waals surface area contributed by atoms with E-state index >= 15 is 0 Å². The Bertz CT molecular complexity index is 756. The van der Waals surface area contributed by atoms with Crippen molar-refractivity contribution in [3.05, 3.63) is 40.4 Å². The van der Waals surface area contributed by atoms with Gasteiger partial charge in [-0.25, -0.2) is 9.78 Å². The predicted molar refractivity (Wildman–Crippen MR) is 93.3 cm³/mol. The van der Waals surface area contributed by atoms with Gasteiger partial charge in [0.05, 0.1) is 0 Å². The van der Waals surface area contributed by atoms with Crippen LogP contribution in [0.25, 0.3) is 10.6 Å². The lowest BCUT2D eigenvalue weighted by atomic mass is 10.2. The zero-order chi connectivity index (χ0) is 17.1. The molecule has 1 amide bonds. The number of ether oxygens (including phenoxy) is 1.